The zero-order valence-electron chi connectivity index (χ0n) is 17.7. The van der Waals surface area contributed by atoms with Gasteiger partial charge in [0, 0.05) is 17.6 Å². The summed E-state index contributed by atoms with van der Waals surface area (Å²) in [5.41, 5.74) is 11.2. The second-order valence-electron chi connectivity index (χ2n) is 8.20. The highest BCUT2D eigenvalue weighted by Crippen LogP contribution is 2.41. The van der Waals surface area contributed by atoms with Crippen molar-refractivity contribution in [2.75, 3.05) is 0 Å². The molecule has 0 spiro atoms. The molecule has 0 amide bonds. The average molecular weight is 411 g/mol. The normalized spacial score (nSPS) is 12.4. The molecule has 0 bridgehead atoms. The Kier molecular flexibility index (Phi) is 4.58. The van der Waals surface area contributed by atoms with Crippen LogP contribution in [-0.2, 0) is 6.42 Å². The van der Waals surface area contributed by atoms with E-state index in [0.29, 0.717) is 0 Å². The van der Waals surface area contributed by atoms with Gasteiger partial charge in [0.15, 0.2) is 0 Å². The molecule has 0 radical (unpaired) electrons. The maximum Gasteiger partial charge on any atom is 0.137 e. The summed E-state index contributed by atoms with van der Waals surface area (Å²) in [5.74, 6) is 0.970. The van der Waals surface area contributed by atoms with Crippen molar-refractivity contribution in [2.45, 2.75) is 6.42 Å². The van der Waals surface area contributed by atoms with Crippen molar-refractivity contribution in [3.8, 4) is 33.4 Å². The molecule has 32 heavy (non-hydrogen) atoms. The molecule has 0 N–H and O–H groups in total. The van der Waals surface area contributed by atoms with Crippen LogP contribution in [0.15, 0.2) is 120 Å². The molecule has 1 heterocycles. The molecule has 1 nitrogen and oxygen atoms in total. The number of rotatable bonds is 4. The van der Waals surface area contributed by atoms with Crippen molar-refractivity contribution in [3.05, 3.63) is 132 Å². The van der Waals surface area contributed by atoms with Crippen LogP contribution < -0.4 is 0 Å². The molecule has 6 rings (SSSR count). The molecule has 0 aliphatic heterocycles. The Balaban J connectivity index is 1.37. The van der Waals surface area contributed by atoms with Crippen LogP contribution in [-0.4, -0.2) is 0 Å². The van der Waals surface area contributed by atoms with Gasteiger partial charge in [-0.3, -0.25) is 0 Å². The van der Waals surface area contributed by atoms with E-state index in [9.17, 15) is 0 Å². The van der Waals surface area contributed by atoms with Gasteiger partial charge in [0.2, 0.25) is 0 Å². The van der Waals surface area contributed by atoms with Gasteiger partial charge in [0.25, 0.3) is 0 Å². The van der Waals surface area contributed by atoms with Crippen LogP contribution in [0.3, 0.4) is 0 Å². The number of hydrogen-bond acceptors (Lipinski definition) is 1. The van der Waals surface area contributed by atoms with Crippen LogP contribution in [0.4, 0.5) is 0 Å². The highest BCUT2D eigenvalue weighted by atomic mass is 16.3. The molecule has 1 heteroatoms. The van der Waals surface area contributed by atoms with Gasteiger partial charge < -0.3 is 4.42 Å². The Bertz CT molecular complexity index is 1400. The van der Waals surface area contributed by atoms with Crippen molar-refractivity contribution in [2.24, 2.45) is 0 Å². The maximum absolute atomic E-state index is 5.98. The van der Waals surface area contributed by atoms with Gasteiger partial charge in [-0.25, -0.2) is 0 Å². The van der Waals surface area contributed by atoms with E-state index in [1.807, 2.05) is 6.07 Å². The Morgan fingerprint density at radius 2 is 1.12 bits per heavy atom. The van der Waals surface area contributed by atoms with Crippen LogP contribution in [0.1, 0.15) is 16.9 Å². The van der Waals surface area contributed by atoms with Gasteiger partial charge in [-0.05, 0) is 51.1 Å². The van der Waals surface area contributed by atoms with Crippen LogP contribution in [0.2, 0.25) is 0 Å². The lowest BCUT2D eigenvalue weighted by atomic mass is 9.95. The lowest BCUT2D eigenvalue weighted by Gasteiger charge is -2.09. The molecule has 152 valence electrons. The first kappa shape index (κ1) is 18.7. The molecule has 1 aliphatic carbocycles. The smallest absolute Gasteiger partial charge is 0.137 e. The fraction of sp³-hybridized carbons (Fsp3) is 0.0323. The molecule has 1 aromatic heterocycles. The topological polar surface area (TPSA) is 13.1 Å². The minimum Gasteiger partial charge on any atom is -0.464 e. The lowest BCUT2D eigenvalue weighted by Crippen LogP contribution is -1.88. The zero-order chi connectivity index (χ0) is 21.3. The van der Waals surface area contributed by atoms with E-state index in [4.69, 9.17) is 4.42 Å². The second-order valence-corrected chi connectivity index (χ2v) is 8.20. The van der Waals surface area contributed by atoms with Gasteiger partial charge in [0.1, 0.15) is 5.76 Å². The molecule has 0 atom stereocenters. The zero-order valence-corrected chi connectivity index (χ0v) is 17.7. The van der Waals surface area contributed by atoms with Crippen molar-refractivity contribution in [1.29, 1.82) is 0 Å². The summed E-state index contributed by atoms with van der Waals surface area (Å²) < 4.78 is 5.98. The summed E-state index contributed by atoms with van der Waals surface area (Å²) in [5, 5.41) is 0. The molecule has 0 saturated carbocycles. The largest absolute Gasteiger partial charge is 0.464 e. The summed E-state index contributed by atoms with van der Waals surface area (Å²) in [6, 6.07) is 38.5. The fourth-order valence-corrected chi connectivity index (χ4v) is 4.64. The predicted molar refractivity (Wildman–Crippen MR) is 133 cm³/mol. The Labute approximate surface area is 188 Å². The molecule has 5 aromatic rings. The Morgan fingerprint density at radius 3 is 1.88 bits per heavy atom. The average Bonchev–Trinajstić information content (AvgIpc) is 3.52. The van der Waals surface area contributed by atoms with Crippen molar-refractivity contribution in [3.63, 3.8) is 0 Å². The molecule has 1 aliphatic rings. The third kappa shape index (κ3) is 3.29. The van der Waals surface area contributed by atoms with Crippen LogP contribution in [0.25, 0.3) is 45.0 Å². The molecule has 0 saturated heterocycles. The summed E-state index contributed by atoms with van der Waals surface area (Å²) in [7, 11) is 0. The summed E-state index contributed by atoms with van der Waals surface area (Å²) in [6.07, 6.45) is 4.99. The van der Waals surface area contributed by atoms with E-state index in [1.54, 1.807) is 6.26 Å². The van der Waals surface area contributed by atoms with Gasteiger partial charge in [-0.1, -0.05) is 103 Å². The van der Waals surface area contributed by atoms with Crippen molar-refractivity contribution >= 4 is 11.6 Å². The fourth-order valence-electron chi connectivity index (χ4n) is 4.64. The summed E-state index contributed by atoms with van der Waals surface area (Å²) in [6.45, 7) is 0. The van der Waals surface area contributed by atoms with Crippen molar-refractivity contribution < 1.29 is 4.42 Å². The van der Waals surface area contributed by atoms with Gasteiger partial charge >= 0.3 is 0 Å². The highest BCUT2D eigenvalue weighted by molar-refractivity contribution is 5.96. The first-order chi connectivity index (χ1) is 15.9. The van der Waals surface area contributed by atoms with E-state index in [2.05, 4.69) is 109 Å². The minimum atomic E-state index is 0.888. The number of furan rings is 1. The number of allylic oxidation sites excluding steroid dienone is 1. The second kappa shape index (κ2) is 7.86. The van der Waals surface area contributed by atoms with E-state index in [0.717, 1.165) is 17.7 Å². The SMILES string of the molecule is C1=C(c2occc2-c2ccccc2)Cc2cccc(-c3ccc(-c4ccccc4)cc3)c21. The van der Waals surface area contributed by atoms with Crippen LogP contribution in [0, 0.1) is 0 Å². The number of fused-ring (bicyclic) bond motifs is 1. The quantitative estimate of drug-likeness (QED) is 0.290. The van der Waals surface area contributed by atoms with E-state index in [1.165, 1.54) is 44.5 Å². The lowest BCUT2D eigenvalue weighted by molar-refractivity contribution is 0.553. The van der Waals surface area contributed by atoms with Gasteiger partial charge in [-0.2, -0.15) is 0 Å². The molecular formula is C31H22O. The standard InChI is InChI=1S/C31H22O/c1-3-8-22(9-4-1)23-14-16-25(17-15-23)28-13-7-12-26-20-27(21-30(26)28)31-29(18-19-32-31)24-10-5-2-6-11-24/h1-19,21H,20H2. The van der Waals surface area contributed by atoms with Crippen LogP contribution in [0.5, 0.6) is 0 Å². The molecule has 0 unspecified atom stereocenters. The van der Waals surface area contributed by atoms with E-state index >= 15 is 0 Å². The van der Waals surface area contributed by atoms with E-state index < -0.39 is 0 Å². The van der Waals surface area contributed by atoms with Gasteiger partial charge in [-0.15, -0.1) is 0 Å². The summed E-state index contributed by atoms with van der Waals surface area (Å²) >= 11 is 0. The third-order valence-electron chi connectivity index (χ3n) is 6.24. The summed E-state index contributed by atoms with van der Waals surface area (Å²) in [4.78, 5) is 0. The third-order valence-corrected chi connectivity index (χ3v) is 6.24. The first-order valence-electron chi connectivity index (χ1n) is 11.0. The molecule has 0 fully saturated rings. The molecular weight excluding hydrogens is 388 g/mol. The number of benzene rings is 4. The van der Waals surface area contributed by atoms with Crippen LogP contribution >= 0.6 is 0 Å². The monoisotopic (exact) mass is 410 g/mol. The Morgan fingerprint density at radius 1 is 0.500 bits per heavy atom. The Hall–Kier alpha value is -4.10. The minimum absolute atomic E-state index is 0.888. The van der Waals surface area contributed by atoms with Crippen molar-refractivity contribution in [1.82, 2.24) is 0 Å². The first-order valence-corrected chi connectivity index (χ1v) is 11.0. The predicted octanol–water partition coefficient (Wildman–Crippen LogP) is 8.38. The molecule has 4 aromatic carbocycles. The van der Waals surface area contributed by atoms with E-state index in [-0.39, 0.29) is 0 Å². The van der Waals surface area contributed by atoms with Gasteiger partial charge in [0.05, 0.1) is 6.26 Å². The maximum atomic E-state index is 5.98. The number of hydrogen-bond donors (Lipinski definition) is 0. The highest BCUT2D eigenvalue weighted by Gasteiger charge is 2.22.